The number of hydrogen-bond acceptors (Lipinski definition) is 1. The van der Waals surface area contributed by atoms with Gasteiger partial charge < -0.3 is 5.32 Å². The van der Waals surface area contributed by atoms with Gasteiger partial charge in [-0.25, -0.2) is 0 Å². The van der Waals surface area contributed by atoms with E-state index in [1.807, 2.05) is 6.07 Å². The second kappa shape index (κ2) is 3.56. The molecule has 0 radical (unpaired) electrons. The van der Waals surface area contributed by atoms with Crippen molar-refractivity contribution in [1.29, 1.82) is 0 Å². The van der Waals surface area contributed by atoms with Gasteiger partial charge in [0.15, 0.2) is 0 Å². The lowest BCUT2D eigenvalue weighted by Crippen LogP contribution is -2.65. The van der Waals surface area contributed by atoms with Crippen molar-refractivity contribution in [3.8, 4) is 0 Å². The van der Waals surface area contributed by atoms with Crippen LogP contribution in [0.5, 0.6) is 0 Å². The summed E-state index contributed by atoms with van der Waals surface area (Å²) in [6, 6.07) is 10.5. The number of benzene rings is 1. The molecule has 2 aliphatic rings. The topological polar surface area (TPSA) is 12.0 Å². The van der Waals surface area contributed by atoms with Gasteiger partial charge in [-0.3, -0.25) is 4.39 Å². The zero-order chi connectivity index (χ0) is 11.1. The monoisotopic (exact) mass is 219 g/mol. The number of alkyl halides is 1. The highest BCUT2D eigenvalue weighted by Gasteiger charge is 2.57. The average molecular weight is 219 g/mol. The molecule has 2 fully saturated rings. The van der Waals surface area contributed by atoms with E-state index in [2.05, 4.69) is 29.6 Å². The smallest absolute Gasteiger partial charge is 0.0903 e. The van der Waals surface area contributed by atoms with Gasteiger partial charge in [0.05, 0.1) is 6.67 Å². The molecule has 2 heteroatoms. The maximum atomic E-state index is 12.8. The average Bonchev–Trinajstić information content (AvgIpc) is 2.21. The molecule has 86 valence electrons. The third-order valence-electron chi connectivity index (χ3n) is 4.39. The SMILES string of the molecule is FCCC1(c2ccccc2)CC2(CNC2)C1. The first-order valence-electron chi connectivity index (χ1n) is 6.11. The van der Waals surface area contributed by atoms with Crippen molar-refractivity contribution >= 4 is 0 Å². The van der Waals surface area contributed by atoms with Crippen LogP contribution in [0.15, 0.2) is 30.3 Å². The third kappa shape index (κ3) is 1.40. The predicted octanol–water partition coefficient (Wildman–Crippen LogP) is 2.67. The number of nitrogens with one attached hydrogen (secondary N) is 1. The summed E-state index contributed by atoms with van der Waals surface area (Å²) in [7, 11) is 0. The van der Waals surface area contributed by atoms with Crippen LogP contribution in [-0.2, 0) is 5.41 Å². The van der Waals surface area contributed by atoms with E-state index in [0.29, 0.717) is 11.8 Å². The van der Waals surface area contributed by atoms with Crippen molar-refractivity contribution in [3.63, 3.8) is 0 Å². The highest BCUT2D eigenvalue weighted by atomic mass is 19.1. The summed E-state index contributed by atoms with van der Waals surface area (Å²) in [5.74, 6) is 0. The van der Waals surface area contributed by atoms with Crippen LogP contribution in [0.1, 0.15) is 24.8 Å². The molecule has 1 spiro atoms. The molecule has 1 aromatic rings. The van der Waals surface area contributed by atoms with Gasteiger partial charge >= 0.3 is 0 Å². The van der Waals surface area contributed by atoms with E-state index < -0.39 is 0 Å². The van der Waals surface area contributed by atoms with Crippen LogP contribution >= 0.6 is 0 Å². The highest BCUT2D eigenvalue weighted by Crippen LogP contribution is 2.59. The van der Waals surface area contributed by atoms with Gasteiger partial charge in [0.1, 0.15) is 0 Å². The molecule has 0 unspecified atom stereocenters. The summed E-state index contributed by atoms with van der Waals surface area (Å²) in [4.78, 5) is 0. The Kier molecular flexibility index (Phi) is 2.28. The van der Waals surface area contributed by atoms with Crippen molar-refractivity contribution < 1.29 is 4.39 Å². The maximum Gasteiger partial charge on any atom is 0.0903 e. The molecule has 0 atom stereocenters. The Morgan fingerprint density at radius 3 is 2.31 bits per heavy atom. The Hall–Kier alpha value is -0.890. The van der Waals surface area contributed by atoms with Crippen molar-refractivity contribution in [2.45, 2.75) is 24.7 Å². The zero-order valence-electron chi connectivity index (χ0n) is 9.51. The normalized spacial score (nSPS) is 24.8. The van der Waals surface area contributed by atoms with Crippen LogP contribution in [0.2, 0.25) is 0 Å². The van der Waals surface area contributed by atoms with Crippen molar-refractivity contribution in [3.05, 3.63) is 35.9 Å². The standard InChI is InChI=1S/C14H18FN/c15-7-6-14(12-4-2-1-3-5-12)8-13(9-14)10-16-11-13/h1-5,16H,6-11H2. The summed E-state index contributed by atoms with van der Waals surface area (Å²) in [6.07, 6.45) is 3.03. The first kappa shape index (κ1) is 10.3. The van der Waals surface area contributed by atoms with Gasteiger partial charge in [-0.2, -0.15) is 0 Å². The van der Waals surface area contributed by atoms with Gasteiger partial charge in [-0.15, -0.1) is 0 Å². The van der Waals surface area contributed by atoms with Gasteiger partial charge in [0, 0.05) is 13.1 Å². The summed E-state index contributed by atoms with van der Waals surface area (Å²) >= 11 is 0. The second-order valence-corrected chi connectivity index (χ2v) is 5.54. The Balaban J connectivity index is 1.83. The Bertz CT molecular complexity index is 362. The zero-order valence-corrected chi connectivity index (χ0v) is 9.51. The van der Waals surface area contributed by atoms with Crippen LogP contribution in [0.4, 0.5) is 4.39 Å². The summed E-state index contributed by atoms with van der Waals surface area (Å²) in [5.41, 5.74) is 1.98. The van der Waals surface area contributed by atoms with Gasteiger partial charge in [-0.1, -0.05) is 30.3 Å². The molecule has 0 amide bonds. The first-order valence-corrected chi connectivity index (χ1v) is 6.11. The molecule has 1 aliphatic heterocycles. The fourth-order valence-corrected chi connectivity index (χ4v) is 3.61. The summed E-state index contributed by atoms with van der Waals surface area (Å²) < 4.78 is 12.8. The Morgan fingerprint density at radius 1 is 1.12 bits per heavy atom. The molecule has 0 bridgehead atoms. The molecule has 3 rings (SSSR count). The van der Waals surface area contributed by atoms with E-state index in [-0.39, 0.29) is 12.1 Å². The maximum absolute atomic E-state index is 12.8. The number of hydrogen-bond donors (Lipinski definition) is 1. The quantitative estimate of drug-likeness (QED) is 0.824. The third-order valence-corrected chi connectivity index (χ3v) is 4.39. The minimum absolute atomic E-state index is 0.137. The van der Waals surface area contributed by atoms with Crippen LogP contribution in [0, 0.1) is 5.41 Å². The number of halogens is 1. The van der Waals surface area contributed by atoms with Crippen LogP contribution in [0.3, 0.4) is 0 Å². The van der Waals surface area contributed by atoms with Crippen LogP contribution < -0.4 is 5.32 Å². The van der Waals surface area contributed by atoms with Crippen molar-refractivity contribution in [1.82, 2.24) is 5.32 Å². The summed E-state index contributed by atoms with van der Waals surface area (Å²) in [5, 5.41) is 3.34. The largest absolute Gasteiger partial charge is 0.316 e. The molecule has 1 heterocycles. The van der Waals surface area contributed by atoms with Gasteiger partial charge in [0.2, 0.25) is 0 Å². The number of rotatable bonds is 3. The molecular weight excluding hydrogens is 201 g/mol. The van der Waals surface area contributed by atoms with E-state index in [1.54, 1.807) is 0 Å². The lowest BCUT2D eigenvalue weighted by Gasteiger charge is -2.61. The molecule has 1 N–H and O–H groups in total. The predicted molar refractivity (Wildman–Crippen MR) is 63.2 cm³/mol. The Labute approximate surface area is 96.1 Å². The first-order chi connectivity index (χ1) is 7.79. The molecule has 1 saturated heterocycles. The van der Waals surface area contributed by atoms with Gasteiger partial charge in [0.25, 0.3) is 0 Å². The molecular formula is C14H18FN. The molecule has 1 aliphatic carbocycles. The minimum Gasteiger partial charge on any atom is -0.316 e. The van der Waals surface area contributed by atoms with E-state index in [4.69, 9.17) is 0 Å². The molecule has 1 aromatic carbocycles. The van der Waals surface area contributed by atoms with Crippen LogP contribution in [0.25, 0.3) is 0 Å². The molecule has 1 nitrogen and oxygen atoms in total. The van der Waals surface area contributed by atoms with Gasteiger partial charge in [-0.05, 0) is 35.7 Å². The molecule has 16 heavy (non-hydrogen) atoms. The summed E-state index contributed by atoms with van der Waals surface area (Å²) in [6.45, 7) is 2.07. The fourth-order valence-electron chi connectivity index (χ4n) is 3.61. The van der Waals surface area contributed by atoms with E-state index in [0.717, 1.165) is 13.1 Å². The van der Waals surface area contributed by atoms with Crippen LogP contribution in [-0.4, -0.2) is 19.8 Å². The van der Waals surface area contributed by atoms with Crippen molar-refractivity contribution in [2.75, 3.05) is 19.8 Å². The highest BCUT2D eigenvalue weighted by molar-refractivity contribution is 5.32. The second-order valence-electron chi connectivity index (χ2n) is 5.54. The lowest BCUT2D eigenvalue weighted by atomic mass is 9.47. The Morgan fingerprint density at radius 2 is 1.81 bits per heavy atom. The molecule has 0 aromatic heterocycles. The fraction of sp³-hybridized carbons (Fsp3) is 0.571. The lowest BCUT2D eigenvalue weighted by molar-refractivity contribution is -0.0332. The molecule has 1 saturated carbocycles. The van der Waals surface area contributed by atoms with E-state index in [1.165, 1.54) is 18.4 Å². The van der Waals surface area contributed by atoms with Crippen molar-refractivity contribution in [2.24, 2.45) is 5.41 Å². The van der Waals surface area contributed by atoms with E-state index in [9.17, 15) is 4.39 Å². The van der Waals surface area contributed by atoms with E-state index >= 15 is 0 Å². The minimum atomic E-state index is -0.196.